The first-order valence-corrected chi connectivity index (χ1v) is 10.1. The largest absolute Gasteiger partial charge is 0.507 e. The molecule has 3 rings (SSSR count). The molecule has 160 valence electrons. The van der Waals surface area contributed by atoms with E-state index in [9.17, 15) is 24.9 Å². The fourth-order valence-corrected chi connectivity index (χ4v) is 3.98. The summed E-state index contributed by atoms with van der Waals surface area (Å²) in [6.07, 6.45) is -1.96. The SMILES string of the molecule is CC(C)CC(NC(=O)[C@@H](O)[C@@H](O)C1CCCO1)C1Cc2cccc(O)c2C(=O)O1. The van der Waals surface area contributed by atoms with Crippen LogP contribution in [0.4, 0.5) is 0 Å². The predicted octanol–water partition coefficient (Wildman–Crippen LogP) is 0.905. The van der Waals surface area contributed by atoms with Gasteiger partial charge in [0.05, 0.1) is 12.1 Å². The van der Waals surface area contributed by atoms with Crippen molar-refractivity contribution in [2.75, 3.05) is 6.61 Å². The third kappa shape index (κ3) is 4.88. The van der Waals surface area contributed by atoms with Gasteiger partial charge < -0.3 is 30.1 Å². The number of esters is 1. The zero-order valence-corrected chi connectivity index (χ0v) is 16.7. The molecule has 0 bridgehead atoms. The Bertz CT molecular complexity index is 745. The third-order valence-electron chi connectivity index (χ3n) is 5.45. The first-order chi connectivity index (χ1) is 13.8. The molecule has 1 aromatic carbocycles. The molecule has 1 aromatic rings. The lowest BCUT2D eigenvalue weighted by Gasteiger charge is -2.33. The first kappa shape index (κ1) is 21.5. The van der Waals surface area contributed by atoms with Gasteiger partial charge in [-0.1, -0.05) is 26.0 Å². The van der Waals surface area contributed by atoms with Gasteiger partial charge in [-0.2, -0.15) is 0 Å². The minimum absolute atomic E-state index is 0.134. The zero-order valence-electron chi connectivity index (χ0n) is 16.7. The number of rotatable bonds is 7. The number of cyclic esters (lactones) is 1. The van der Waals surface area contributed by atoms with Crippen LogP contribution in [0.15, 0.2) is 18.2 Å². The second kappa shape index (κ2) is 9.11. The van der Waals surface area contributed by atoms with Crippen molar-refractivity contribution in [1.82, 2.24) is 5.32 Å². The number of phenolic OH excluding ortho intramolecular Hbond substituents is 1. The highest BCUT2D eigenvalue weighted by molar-refractivity contribution is 5.95. The second-order valence-corrected chi connectivity index (χ2v) is 8.19. The van der Waals surface area contributed by atoms with E-state index in [1.54, 1.807) is 12.1 Å². The van der Waals surface area contributed by atoms with Crippen LogP contribution in [0.25, 0.3) is 0 Å². The average molecular weight is 407 g/mol. The number of amides is 1. The number of fused-ring (bicyclic) bond motifs is 1. The number of aliphatic hydroxyl groups is 2. The van der Waals surface area contributed by atoms with Gasteiger partial charge in [-0.25, -0.2) is 4.79 Å². The normalized spacial score (nSPS) is 24.5. The predicted molar refractivity (Wildman–Crippen MR) is 103 cm³/mol. The van der Waals surface area contributed by atoms with E-state index in [0.717, 1.165) is 6.42 Å². The highest BCUT2D eigenvalue weighted by atomic mass is 16.5. The Morgan fingerprint density at radius 1 is 1.28 bits per heavy atom. The van der Waals surface area contributed by atoms with E-state index in [-0.39, 0.29) is 17.2 Å². The molecule has 2 aliphatic rings. The molecular formula is C21H29NO7. The summed E-state index contributed by atoms with van der Waals surface area (Å²) in [6.45, 7) is 4.44. The fourth-order valence-electron chi connectivity index (χ4n) is 3.98. The molecule has 2 heterocycles. The van der Waals surface area contributed by atoms with Crippen LogP contribution in [0.5, 0.6) is 5.75 Å². The van der Waals surface area contributed by atoms with E-state index < -0.39 is 42.3 Å². The highest BCUT2D eigenvalue weighted by Crippen LogP contribution is 2.30. The van der Waals surface area contributed by atoms with Crippen LogP contribution in [-0.2, 0) is 20.7 Å². The molecule has 0 aliphatic carbocycles. The molecule has 1 amide bonds. The van der Waals surface area contributed by atoms with Gasteiger partial charge in [0.2, 0.25) is 0 Å². The van der Waals surface area contributed by atoms with Gasteiger partial charge in [0, 0.05) is 13.0 Å². The number of aromatic hydroxyl groups is 1. The number of ether oxygens (including phenoxy) is 2. The summed E-state index contributed by atoms with van der Waals surface area (Å²) < 4.78 is 10.9. The Hall–Kier alpha value is -2.16. The molecule has 3 unspecified atom stereocenters. The van der Waals surface area contributed by atoms with Crippen molar-refractivity contribution in [3.63, 3.8) is 0 Å². The van der Waals surface area contributed by atoms with Gasteiger partial charge in [-0.15, -0.1) is 0 Å². The van der Waals surface area contributed by atoms with Crippen LogP contribution in [0.2, 0.25) is 0 Å². The van der Waals surface area contributed by atoms with Crippen molar-refractivity contribution in [3.8, 4) is 5.75 Å². The van der Waals surface area contributed by atoms with Gasteiger partial charge in [0.15, 0.2) is 6.10 Å². The smallest absolute Gasteiger partial charge is 0.342 e. The minimum atomic E-state index is -1.64. The van der Waals surface area contributed by atoms with E-state index >= 15 is 0 Å². The number of benzene rings is 1. The van der Waals surface area contributed by atoms with E-state index in [0.29, 0.717) is 31.4 Å². The van der Waals surface area contributed by atoms with Crippen molar-refractivity contribution in [2.45, 2.75) is 70.0 Å². The van der Waals surface area contributed by atoms with Crippen molar-refractivity contribution in [2.24, 2.45) is 5.92 Å². The quantitative estimate of drug-likeness (QED) is 0.495. The Morgan fingerprint density at radius 3 is 2.69 bits per heavy atom. The third-order valence-corrected chi connectivity index (χ3v) is 5.45. The molecule has 5 atom stereocenters. The van der Waals surface area contributed by atoms with Gasteiger partial charge in [-0.05, 0) is 36.8 Å². The standard InChI is InChI=1S/C21H29NO7/c1-11(2)9-13(22-20(26)19(25)18(24)15-7-4-8-28-15)16-10-12-5-3-6-14(23)17(12)21(27)29-16/h3,5-6,11,13,15-16,18-19,23-25H,4,7-10H2,1-2H3,(H,22,26)/t13?,15?,16?,18-,19-/m0/s1. The summed E-state index contributed by atoms with van der Waals surface area (Å²) in [7, 11) is 0. The summed E-state index contributed by atoms with van der Waals surface area (Å²) in [5, 5.41) is 33.2. The topological polar surface area (TPSA) is 125 Å². The molecule has 0 aromatic heterocycles. The molecule has 0 saturated carbocycles. The van der Waals surface area contributed by atoms with Gasteiger partial charge in [0.1, 0.15) is 23.5 Å². The summed E-state index contributed by atoms with van der Waals surface area (Å²) in [5.74, 6) is -1.32. The summed E-state index contributed by atoms with van der Waals surface area (Å²) in [5.41, 5.74) is 0.793. The number of aliphatic hydroxyl groups excluding tert-OH is 2. The lowest BCUT2D eigenvalue weighted by Crippen LogP contribution is -2.54. The number of carbonyl (C=O) groups excluding carboxylic acids is 2. The minimum Gasteiger partial charge on any atom is -0.507 e. The van der Waals surface area contributed by atoms with Crippen LogP contribution in [0.1, 0.15) is 49.0 Å². The van der Waals surface area contributed by atoms with Crippen molar-refractivity contribution in [1.29, 1.82) is 0 Å². The van der Waals surface area contributed by atoms with E-state index in [2.05, 4.69) is 5.32 Å². The lowest BCUT2D eigenvalue weighted by molar-refractivity contribution is -0.143. The average Bonchev–Trinajstić information content (AvgIpc) is 3.20. The number of hydrogen-bond acceptors (Lipinski definition) is 7. The van der Waals surface area contributed by atoms with Crippen LogP contribution >= 0.6 is 0 Å². The maximum Gasteiger partial charge on any atom is 0.342 e. The molecular weight excluding hydrogens is 378 g/mol. The number of nitrogens with one attached hydrogen (secondary N) is 1. The zero-order chi connectivity index (χ0) is 21.1. The lowest BCUT2D eigenvalue weighted by atomic mass is 9.90. The van der Waals surface area contributed by atoms with Crippen LogP contribution < -0.4 is 5.32 Å². The summed E-state index contributed by atoms with van der Waals surface area (Å²) in [6, 6.07) is 4.28. The number of carbonyl (C=O) groups is 2. The van der Waals surface area contributed by atoms with Gasteiger partial charge >= 0.3 is 5.97 Å². The number of hydrogen-bond donors (Lipinski definition) is 4. The highest BCUT2D eigenvalue weighted by Gasteiger charge is 2.38. The molecule has 2 aliphatic heterocycles. The molecule has 29 heavy (non-hydrogen) atoms. The molecule has 1 saturated heterocycles. The first-order valence-electron chi connectivity index (χ1n) is 10.1. The van der Waals surface area contributed by atoms with Crippen LogP contribution in [0.3, 0.4) is 0 Å². The Balaban J connectivity index is 1.72. The molecule has 4 N–H and O–H groups in total. The maximum absolute atomic E-state index is 12.6. The summed E-state index contributed by atoms with van der Waals surface area (Å²) in [4.78, 5) is 25.0. The Morgan fingerprint density at radius 2 is 2.03 bits per heavy atom. The molecule has 8 heteroatoms. The van der Waals surface area contributed by atoms with Crippen LogP contribution in [0, 0.1) is 5.92 Å². The van der Waals surface area contributed by atoms with Crippen LogP contribution in [-0.4, -0.2) is 64.3 Å². The Labute approximate surface area is 169 Å². The van der Waals surface area contributed by atoms with Gasteiger partial charge in [0.25, 0.3) is 5.91 Å². The maximum atomic E-state index is 12.6. The molecule has 1 fully saturated rings. The van der Waals surface area contributed by atoms with E-state index in [1.165, 1.54) is 6.07 Å². The van der Waals surface area contributed by atoms with Crippen molar-refractivity contribution in [3.05, 3.63) is 29.3 Å². The second-order valence-electron chi connectivity index (χ2n) is 8.19. The van der Waals surface area contributed by atoms with Gasteiger partial charge in [-0.3, -0.25) is 4.79 Å². The van der Waals surface area contributed by atoms with Crippen molar-refractivity contribution >= 4 is 11.9 Å². The summed E-state index contributed by atoms with van der Waals surface area (Å²) >= 11 is 0. The monoisotopic (exact) mass is 407 g/mol. The molecule has 8 nitrogen and oxygen atoms in total. The number of phenols is 1. The van der Waals surface area contributed by atoms with Crippen molar-refractivity contribution < 1.29 is 34.4 Å². The van der Waals surface area contributed by atoms with E-state index in [1.807, 2.05) is 13.8 Å². The fraction of sp³-hybridized carbons (Fsp3) is 0.619. The molecule has 0 spiro atoms. The Kier molecular flexibility index (Phi) is 6.77. The van der Waals surface area contributed by atoms with E-state index in [4.69, 9.17) is 9.47 Å². The molecule has 0 radical (unpaired) electrons.